The van der Waals surface area contributed by atoms with Crippen LogP contribution in [0.15, 0.2) is 28.1 Å². The fourth-order valence-corrected chi connectivity index (χ4v) is 3.87. The molecular weight excluding hydrogens is 378 g/mol. The van der Waals surface area contributed by atoms with E-state index >= 15 is 0 Å². The van der Waals surface area contributed by atoms with Crippen molar-refractivity contribution in [2.45, 2.75) is 6.92 Å². The Bertz CT molecular complexity index is 697. The maximum atomic E-state index is 11.9. The Morgan fingerprint density at radius 3 is 2.52 bits per heavy atom. The summed E-state index contributed by atoms with van der Waals surface area (Å²) in [6.07, 6.45) is 0. The third-order valence-corrected chi connectivity index (χ3v) is 5.39. The number of rotatable bonds is 4. The van der Waals surface area contributed by atoms with E-state index in [-0.39, 0.29) is 5.97 Å². The van der Waals surface area contributed by atoms with Crippen LogP contribution in [-0.2, 0) is 16.0 Å². The predicted molar refractivity (Wildman–Crippen MR) is 87.9 cm³/mol. The number of ether oxygens (including phenoxy) is 1. The molecule has 0 radical (unpaired) electrons. The topological polar surface area (TPSA) is 75.6 Å². The van der Waals surface area contributed by atoms with Crippen molar-refractivity contribution in [3.05, 3.63) is 38.5 Å². The molecule has 1 atom stereocenters. The smallest absolute Gasteiger partial charge is 0.348 e. The molecule has 0 aliphatic heterocycles. The molecule has 0 aliphatic carbocycles. The predicted octanol–water partition coefficient (Wildman–Crippen LogP) is 3.82. The van der Waals surface area contributed by atoms with Crippen molar-refractivity contribution in [2.24, 2.45) is 0 Å². The van der Waals surface area contributed by atoms with Gasteiger partial charge in [0.05, 0.1) is 10.9 Å². The molecule has 0 spiro atoms. The molecule has 1 aromatic heterocycles. The highest BCUT2D eigenvalue weighted by Gasteiger charge is 2.21. The van der Waals surface area contributed by atoms with Crippen molar-refractivity contribution in [3.63, 3.8) is 0 Å². The van der Waals surface area contributed by atoms with Gasteiger partial charge in [-0.2, -0.15) is 0 Å². The van der Waals surface area contributed by atoms with Crippen LogP contribution in [0.1, 0.15) is 15.2 Å². The van der Waals surface area contributed by atoms with Crippen LogP contribution in [0.5, 0.6) is 0 Å². The Labute approximate surface area is 136 Å². The lowest BCUT2D eigenvalue weighted by Gasteiger charge is -2.06. The van der Waals surface area contributed by atoms with Gasteiger partial charge in [-0.1, -0.05) is 12.1 Å². The van der Waals surface area contributed by atoms with Gasteiger partial charge in [0.15, 0.2) is 0 Å². The molecule has 112 valence electrons. The van der Waals surface area contributed by atoms with Crippen LogP contribution in [-0.4, -0.2) is 21.8 Å². The summed E-state index contributed by atoms with van der Waals surface area (Å²) >= 11 is 2.64. The summed E-state index contributed by atoms with van der Waals surface area (Å²) in [5.41, 5.74) is 3.11. The molecule has 0 amide bonds. The molecule has 1 unspecified atom stereocenters. The standard InChI is InChI=1S/C13H12BrNO4S2/c1-7-10(11(13(16)19-2)20-12(7)14)8-3-5-9(6-4-8)15-21(17)18/h3-6,15H,1-2H3,(H,17,18). The minimum absolute atomic E-state index is 0.387. The zero-order valence-corrected chi connectivity index (χ0v) is 14.4. The van der Waals surface area contributed by atoms with E-state index in [0.717, 1.165) is 20.5 Å². The molecule has 2 rings (SSSR count). The molecule has 0 saturated carbocycles. The van der Waals surface area contributed by atoms with Gasteiger partial charge >= 0.3 is 5.97 Å². The van der Waals surface area contributed by atoms with Crippen molar-refractivity contribution < 1.29 is 18.3 Å². The van der Waals surface area contributed by atoms with Crippen molar-refractivity contribution in [3.8, 4) is 11.1 Å². The fourth-order valence-electron chi connectivity index (χ4n) is 1.88. The third-order valence-electron chi connectivity index (χ3n) is 2.84. The normalized spacial score (nSPS) is 12.0. The van der Waals surface area contributed by atoms with Gasteiger partial charge in [0, 0.05) is 11.3 Å². The minimum atomic E-state index is -2.11. The number of anilines is 1. The summed E-state index contributed by atoms with van der Waals surface area (Å²) in [7, 11) is 1.35. The first-order chi connectivity index (χ1) is 9.93. The summed E-state index contributed by atoms with van der Waals surface area (Å²) in [6.45, 7) is 1.91. The number of thiophene rings is 1. The third kappa shape index (κ3) is 3.52. The summed E-state index contributed by atoms with van der Waals surface area (Å²) in [5.74, 6) is -0.387. The molecule has 21 heavy (non-hydrogen) atoms. The SMILES string of the molecule is COC(=O)c1sc(Br)c(C)c1-c1ccc(NS(=O)O)cc1. The van der Waals surface area contributed by atoms with Gasteiger partial charge in [-0.3, -0.25) is 9.27 Å². The van der Waals surface area contributed by atoms with Gasteiger partial charge in [-0.05, 0) is 46.1 Å². The first kappa shape index (κ1) is 16.2. The molecule has 2 aromatic rings. The molecule has 5 nitrogen and oxygen atoms in total. The van der Waals surface area contributed by atoms with Crippen LogP contribution >= 0.6 is 27.3 Å². The van der Waals surface area contributed by atoms with E-state index in [4.69, 9.17) is 9.29 Å². The van der Waals surface area contributed by atoms with Gasteiger partial charge in [0.2, 0.25) is 0 Å². The largest absolute Gasteiger partial charge is 0.465 e. The van der Waals surface area contributed by atoms with Gasteiger partial charge in [0.1, 0.15) is 4.88 Å². The summed E-state index contributed by atoms with van der Waals surface area (Å²) in [4.78, 5) is 12.4. The number of carbonyl (C=O) groups excluding carboxylic acids is 1. The van der Waals surface area contributed by atoms with Crippen molar-refractivity contribution in [1.82, 2.24) is 0 Å². The molecule has 0 bridgehead atoms. The van der Waals surface area contributed by atoms with Gasteiger partial charge in [-0.25, -0.2) is 9.00 Å². The number of benzene rings is 1. The number of halogens is 1. The highest BCUT2D eigenvalue weighted by molar-refractivity contribution is 9.11. The van der Waals surface area contributed by atoms with E-state index in [1.54, 1.807) is 24.3 Å². The first-order valence-electron chi connectivity index (χ1n) is 5.79. The second kappa shape index (κ2) is 6.69. The number of hydrogen-bond donors (Lipinski definition) is 2. The fraction of sp³-hybridized carbons (Fsp3) is 0.154. The van der Waals surface area contributed by atoms with Crippen LogP contribution in [0.2, 0.25) is 0 Å². The first-order valence-corrected chi connectivity index (χ1v) is 8.50. The zero-order valence-electron chi connectivity index (χ0n) is 11.2. The number of esters is 1. The molecule has 0 aliphatic rings. The van der Waals surface area contributed by atoms with E-state index in [1.807, 2.05) is 6.92 Å². The number of carbonyl (C=O) groups is 1. The Balaban J connectivity index is 2.46. The maximum absolute atomic E-state index is 11.9. The lowest BCUT2D eigenvalue weighted by Crippen LogP contribution is -2.02. The molecular formula is C13H12BrNO4S2. The second-order valence-electron chi connectivity index (χ2n) is 4.13. The Morgan fingerprint density at radius 2 is 2.00 bits per heavy atom. The van der Waals surface area contributed by atoms with Gasteiger partial charge in [0.25, 0.3) is 11.3 Å². The summed E-state index contributed by atoms with van der Waals surface area (Å²) in [5, 5.41) is 0. The van der Waals surface area contributed by atoms with E-state index in [2.05, 4.69) is 20.7 Å². The van der Waals surface area contributed by atoms with Crippen molar-refractivity contribution >= 4 is 50.2 Å². The van der Waals surface area contributed by atoms with Crippen LogP contribution in [0.25, 0.3) is 11.1 Å². The molecule has 2 N–H and O–H groups in total. The molecule has 1 aromatic carbocycles. The highest BCUT2D eigenvalue weighted by atomic mass is 79.9. The molecule has 0 saturated heterocycles. The number of nitrogens with one attached hydrogen (secondary N) is 1. The minimum Gasteiger partial charge on any atom is -0.465 e. The number of hydrogen-bond acceptors (Lipinski definition) is 4. The lowest BCUT2D eigenvalue weighted by molar-refractivity contribution is 0.0607. The van der Waals surface area contributed by atoms with Crippen LogP contribution in [0.4, 0.5) is 5.69 Å². The quantitative estimate of drug-likeness (QED) is 0.615. The van der Waals surface area contributed by atoms with Crippen LogP contribution in [0.3, 0.4) is 0 Å². The summed E-state index contributed by atoms with van der Waals surface area (Å²) in [6, 6.07) is 6.91. The Kier molecular flexibility index (Phi) is 5.15. The van der Waals surface area contributed by atoms with E-state index < -0.39 is 11.3 Å². The average Bonchev–Trinajstić information content (AvgIpc) is 2.74. The molecule has 8 heteroatoms. The van der Waals surface area contributed by atoms with Crippen molar-refractivity contribution in [1.29, 1.82) is 0 Å². The van der Waals surface area contributed by atoms with E-state index in [1.165, 1.54) is 18.4 Å². The highest BCUT2D eigenvalue weighted by Crippen LogP contribution is 2.40. The summed E-state index contributed by atoms with van der Waals surface area (Å²) < 4.78 is 27.5. The zero-order chi connectivity index (χ0) is 15.6. The molecule has 0 fully saturated rings. The van der Waals surface area contributed by atoms with Gasteiger partial charge in [-0.15, -0.1) is 11.3 Å². The van der Waals surface area contributed by atoms with E-state index in [0.29, 0.717) is 10.6 Å². The number of methoxy groups -OCH3 is 1. The lowest BCUT2D eigenvalue weighted by atomic mass is 10.0. The van der Waals surface area contributed by atoms with E-state index in [9.17, 15) is 9.00 Å². The average molecular weight is 390 g/mol. The monoisotopic (exact) mass is 389 g/mol. The van der Waals surface area contributed by atoms with Crippen LogP contribution in [0, 0.1) is 6.92 Å². The second-order valence-corrected chi connectivity index (χ2v) is 7.17. The van der Waals surface area contributed by atoms with Crippen molar-refractivity contribution in [2.75, 3.05) is 11.8 Å². The molecule has 1 heterocycles. The van der Waals surface area contributed by atoms with Gasteiger partial charge < -0.3 is 4.74 Å². The maximum Gasteiger partial charge on any atom is 0.348 e. The van der Waals surface area contributed by atoms with Crippen LogP contribution < -0.4 is 4.72 Å². The Morgan fingerprint density at radius 1 is 1.38 bits per heavy atom. The Hall–Kier alpha value is -1.22.